The number of anilines is 1. The number of carbonyl (C=O) groups excluding carboxylic acids is 2. The van der Waals surface area contributed by atoms with Crippen LogP contribution < -0.4 is 17.0 Å². The fraction of sp³-hybridized carbons (Fsp3) is 0.286. The van der Waals surface area contributed by atoms with Gasteiger partial charge in [-0.15, -0.1) is 0 Å². The molecule has 0 saturated carbocycles. The number of nitrogens with two attached hydrogens (primary N) is 1. The van der Waals surface area contributed by atoms with E-state index in [1.165, 1.54) is 20.2 Å². The zero-order valence-corrected chi connectivity index (χ0v) is 12.5. The van der Waals surface area contributed by atoms with Gasteiger partial charge in [-0.05, 0) is 6.92 Å². The molecule has 8 nitrogen and oxygen atoms in total. The average molecular weight is 307 g/mol. The number of allylic oxidation sites excluding steroid dienone is 3. The van der Waals surface area contributed by atoms with E-state index in [0.717, 1.165) is 15.2 Å². The van der Waals surface area contributed by atoms with Gasteiger partial charge in [-0.25, -0.2) is 9.59 Å². The Bertz CT molecular complexity index is 768. The van der Waals surface area contributed by atoms with E-state index >= 15 is 0 Å². The first-order valence-corrected chi connectivity index (χ1v) is 6.36. The summed E-state index contributed by atoms with van der Waals surface area (Å²) in [6.07, 6.45) is 5.91. The lowest BCUT2D eigenvalue weighted by molar-refractivity contribution is -0.136. The molecule has 0 amide bonds. The molecule has 0 atom stereocenters. The summed E-state index contributed by atoms with van der Waals surface area (Å²) in [7, 11) is 2.56. The van der Waals surface area contributed by atoms with E-state index in [0.29, 0.717) is 0 Å². The van der Waals surface area contributed by atoms with Crippen LogP contribution in [0.4, 0.5) is 5.82 Å². The van der Waals surface area contributed by atoms with E-state index in [4.69, 9.17) is 10.5 Å². The van der Waals surface area contributed by atoms with Crippen molar-refractivity contribution in [2.45, 2.75) is 6.92 Å². The van der Waals surface area contributed by atoms with Crippen LogP contribution in [0.3, 0.4) is 0 Å². The third-order valence-electron chi connectivity index (χ3n) is 2.87. The lowest BCUT2D eigenvalue weighted by Crippen LogP contribution is -2.42. The van der Waals surface area contributed by atoms with Gasteiger partial charge in [0.2, 0.25) is 5.78 Å². The quantitative estimate of drug-likeness (QED) is 0.340. The molecule has 0 unspecified atom stereocenters. The van der Waals surface area contributed by atoms with Crippen LogP contribution in [0, 0.1) is 0 Å². The molecule has 1 aromatic rings. The van der Waals surface area contributed by atoms with Crippen molar-refractivity contribution in [3.8, 4) is 0 Å². The highest BCUT2D eigenvalue weighted by atomic mass is 16.5. The highest BCUT2D eigenvalue weighted by Gasteiger charge is 2.20. The number of ether oxygens (including phenoxy) is 1. The minimum absolute atomic E-state index is 0.265. The van der Waals surface area contributed by atoms with Gasteiger partial charge in [0.25, 0.3) is 5.56 Å². The van der Waals surface area contributed by atoms with Crippen LogP contribution in [0.1, 0.15) is 17.3 Å². The van der Waals surface area contributed by atoms with Crippen molar-refractivity contribution in [3.63, 3.8) is 0 Å². The Labute approximate surface area is 126 Å². The maximum Gasteiger partial charge on any atom is 0.332 e. The van der Waals surface area contributed by atoms with E-state index < -0.39 is 29.6 Å². The fourth-order valence-electron chi connectivity index (χ4n) is 1.62. The van der Waals surface area contributed by atoms with Crippen LogP contribution in [0.25, 0.3) is 0 Å². The van der Waals surface area contributed by atoms with Crippen LogP contribution in [-0.2, 0) is 23.6 Å². The zero-order chi connectivity index (χ0) is 16.9. The molecule has 8 heteroatoms. The van der Waals surface area contributed by atoms with Crippen molar-refractivity contribution < 1.29 is 14.3 Å². The number of nitrogen functional groups attached to an aromatic ring is 1. The lowest BCUT2D eigenvalue weighted by Gasteiger charge is -2.10. The Hall–Kier alpha value is -2.90. The molecule has 1 rings (SSSR count). The summed E-state index contributed by atoms with van der Waals surface area (Å²) in [5.74, 6) is -1.77. The number of aromatic nitrogens is 2. The summed E-state index contributed by atoms with van der Waals surface area (Å²) >= 11 is 0. The fourth-order valence-corrected chi connectivity index (χ4v) is 1.62. The number of carbonyl (C=O) groups is 2. The molecule has 0 aliphatic carbocycles. The van der Waals surface area contributed by atoms with Crippen molar-refractivity contribution >= 4 is 17.6 Å². The van der Waals surface area contributed by atoms with Crippen molar-refractivity contribution in [2.75, 3.05) is 12.3 Å². The normalized spacial score (nSPS) is 11.2. The number of nitrogens with zero attached hydrogens (tertiary/aromatic N) is 2. The van der Waals surface area contributed by atoms with Gasteiger partial charge in [0.15, 0.2) is 6.61 Å². The topological polar surface area (TPSA) is 113 Å². The van der Waals surface area contributed by atoms with Gasteiger partial charge in [0, 0.05) is 20.2 Å². The molecule has 0 aliphatic heterocycles. The highest BCUT2D eigenvalue weighted by molar-refractivity contribution is 6.01. The second-order valence-corrected chi connectivity index (χ2v) is 4.38. The summed E-state index contributed by atoms with van der Waals surface area (Å²) in [5.41, 5.74) is 3.77. The number of hydrogen-bond donors (Lipinski definition) is 1. The van der Waals surface area contributed by atoms with E-state index in [1.807, 2.05) is 0 Å². The molecule has 0 saturated heterocycles. The molecule has 1 heterocycles. The van der Waals surface area contributed by atoms with Gasteiger partial charge in [-0.2, -0.15) is 0 Å². The summed E-state index contributed by atoms with van der Waals surface area (Å²) in [6, 6.07) is 0. The molecule has 118 valence electrons. The van der Waals surface area contributed by atoms with Crippen molar-refractivity contribution in [3.05, 3.63) is 50.7 Å². The molecule has 0 bridgehead atoms. The molecule has 0 aromatic carbocycles. The number of esters is 1. The first-order chi connectivity index (χ1) is 10.3. The number of hydrogen-bond acceptors (Lipinski definition) is 6. The molecular formula is C14H17N3O5. The van der Waals surface area contributed by atoms with Gasteiger partial charge in [-0.1, -0.05) is 18.2 Å². The van der Waals surface area contributed by atoms with Crippen LogP contribution >= 0.6 is 0 Å². The minimum atomic E-state index is -0.828. The molecule has 0 spiro atoms. The summed E-state index contributed by atoms with van der Waals surface area (Å²) in [4.78, 5) is 46.9. The largest absolute Gasteiger partial charge is 0.454 e. The predicted octanol–water partition coefficient (Wildman–Crippen LogP) is -0.476. The van der Waals surface area contributed by atoms with E-state index in [1.54, 1.807) is 19.1 Å². The Morgan fingerprint density at radius 3 is 2.41 bits per heavy atom. The van der Waals surface area contributed by atoms with Gasteiger partial charge >= 0.3 is 11.7 Å². The third kappa shape index (κ3) is 3.60. The Balaban J connectivity index is 2.99. The maximum absolute atomic E-state index is 12.0. The molecule has 0 aliphatic rings. The van der Waals surface area contributed by atoms with Crippen LogP contribution in [-0.4, -0.2) is 27.5 Å². The molecule has 1 aromatic heterocycles. The predicted molar refractivity (Wildman–Crippen MR) is 80.6 cm³/mol. The minimum Gasteiger partial charge on any atom is -0.454 e. The van der Waals surface area contributed by atoms with Crippen molar-refractivity contribution in [1.82, 2.24) is 9.13 Å². The van der Waals surface area contributed by atoms with Gasteiger partial charge in [-0.3, -0.25) is 18.7 Å². The summed E-state index contributed by atoms with van der Waals surface area (Å²) in [6.45, 7) is 1.13. The van der Waals surface area contributed by atoms with E-state index in [2.05, 4.69) is 0 Å². The van der Waals surface area contributed by atoms with Crippen LogP contribution in [0.2, 0.25) is 0 Å². The van der Waals surface area contributed by atoms with E-state index in [9.17, 15) is 19.2 Å². The lowest BCUT2D eigenvalue weighted by atomic mass is 10.2. The first kappa shape index (κ1) is 17.2. The second kappa shape index (κ2) is 7.21. The highest BCUT2D eigenvalue weighted by Crippen LogP contribution is 2.04. The Kier molecular flexibility index (Phi) is 5.62. The average Bonchev–Trinajstić information content (AvgIpc) is 2.49. The first-order valence-electron chi connectivity index (χ1n) is 6.36. The molecule has 2 N–H and O–H groups in total. The van der Waals surface area contributed by atoms with Gasteiger partial charge in [0.05, 0.1) is 0 Å². The number of Topliss-reactive ketones (excluding diaryl/α,β-unsaturated/α-hetero) is 1. The summed E-state index contributed by atoms with van der Waals surface area (Å²) in [5, 5.41) is 0. The van der Waals surface area contributed by atoms with Crippen molar-refractivity contribution in [1.29, 1.82) is 0 Å². The molecule has 0 fully saturated rings. The molecule has 0 radical (unpaired) electrons. The zero-order valence-electron chi connectivity index (χ0n) is 12.5. The smallest absolute Gasteiger partial charge is 0.332 e. The van der Waals surface area contributed by atoms with Gasteiger partial charge < -0.3 is 10.5 Å². The van der Waals surface area contributed by atoms with Crippen molar-refractivity contribution in [2.24, 2.45) is 14.1 Å². The standard InChI is InChI=1S/C14H17N3O5/c1-4-5-6-7-10(19)22-8-9(18)11-12(15)16(2)14(21)17(3)13(11)20/h4-7H,8,15H2,1-3H3. The van der Waals surface area contributed by atoms with Gasteiger partial charge in [0.1, 0.15) is 11.4 Å². The summed E-state index contributed by atoms with van der Waals surface area (Å²) < 4.78 is 6.46. The molecule has 22 heavy (non-hydrogen) atoms. The Morgan fingerprint density at radius 2 is 1.82 bits per heavy atom. The van der Waals surface area contributed by atoms with Crippen LogP contribution in [0.5, 0.6) is 0 Å². The third-order valence-corrected chi connectivity index (χ3v) is 2.87. The van der Waals surface area contributed by atoms with Crippen LogP contribution in [0.15, 0.2) is 33.9 Å². The number of rotatable bonds is 5. The van der Waals surface area contributed by atoms with E-state index in [-0.39, 0.29) is 11.4 Å². The second-order valence-electron chi connectivity index (χ2n) is 4.38. The monoisotopic (exact) mass is 307 g/mol. The Morgan fingerprint density at radius 1 is 1.18 bits per heavy atom. The molecular weight excluding hydrogens is 290 g/mol. The SMILES string of the molecule is CC=CC=CC(=O)OCC(=O)c1c(N)n(C)c(=O)n(C)c1=O. The maximum atomic E-state index is 12.0. The number of ketones is 1.